The second-order valence-corrected chi connectivity index (χ2v) is 7.17. The fraction of sp³-hybridized carbons (Fsp3) is 0.348. The number of methoxy groups -OCH3 is 1. The number of hydrogen-bond acceptors (Lipinski definition) is 3. The first-order chi connectivity index (χ1) is 14.4. The third-order valence-electron chi connectivity index (χ3n) is 5.16. The Hall–Kier alpha value is -2.80. The van der Waals surface area contributed by atoms with Crippen molar-refractivity contribution in [1.29, 1.82) is 0 Å². The highest BCUT2D eigenvalue weighted by molar-refractivity contribution is 5.76. The van der Waals surface area contributed by atoms with Crippen molar-refractivity contribution < 1.29 is 22.7 Å². The quantitative estimate of drug-likeness (QED) is 0.694. The third-order valence-corrected chi connectivity index (χ3v) is 5.16. The van der Waals surface area contributed by atoms with E-state index in [1.165, 1.54) is 17.0 Å². The highest BCUT2D eigenvalue weighted by Crippen LogP contribution is 2.32. The van der Waals surface area contributed by atoms with Gasteiger partial charge in [0.25, 0.3) is 0 Å². The molecule has 1 aliphatic rings. The number of alkyl halides is 3. The van der Waals surface area contributed by atoms with E-state index in [0.29, 0.717) is 26.2 Å². The Bertz CT molecular complexity index is 896. The Balaban J connectivity index is 1.61. The molecule has 1 aliphatic heterocycles. The molecule has 160 valence electrons. The van der Waals surface area contributed by atoms with Crippen LogP contribution >= 0.6 is 0 Å². The Labute approximate surface area is 174 Å². The van der Waals surface area contributed by atoms with Crippen LogP contribution in [0, 0.1) is 0 Å². The van der Waals surface area contributed by atoms with E-state index in [4.69, 9.17) is 4.74 Å². The number of ether oxygens (including phenoxy) is 1. The first-order valence-corrected chi connectivity index (χ1v) is 9.83. The summed E-state index contributed by atoms with van der Waals surface area (Å²) in [6, 6.07) is 13.1. The van der Waals surface area contributed by atoms with Gasteiger partial charge in [0.1, 0.15) is 5.75 Å². The van der Waals surface area contributed by atoms with Gasteiger partial charge in [0.05, 0.1) is 12.7 Å². The van der Waals surface area contributed by atoms with Gasteiger partial charge in [0.2, 0.25) is 5.91 Å². The Morgan fingerprint density at radius 3 is 2.53 bits per heavy atom. The van der Waals surface area contributed by atoms with Crippen molar-refractivity contribution in [2.24, 2.45) is 0 Å². The maximum atomic E-state index is 13.2. The van der Waals surface area contributed by atoms with Crippen molar-refractivity contribution in [3.8, 4) is 5.75 Å². The molecule has 0 saturated carbocycles. The van der Waals surface area contributed by atoms with Gasteiger partial charge in [0, 0.05) is 44.7 Å². The molecule has 2 aromatic carbocycles. The summed E-state index contributed by atoms with van der Waals surface area (Å²) in [5, 5.41) is 0. The fourth-order valence-corrected chi connectivity index (χ4v) is 3.53. The van der Waals surface area contributed by atoms with Gasteiger partial charge in [0.15, 0.2) is 0 Å². The lowest BCUT2D eigenvalue weighted by atomic mass is 10.1. The zero-order valence-corrected chi connectivity index (χ0v) is 16.9. The molecule has 0 aromatic heterocycles. The zero-order chi connectivity index (χ0) is 21.6. The summed E-state index contributed by atoms with van der Waals surface area (Å²) in [4.78, 5) is 16.1. The lowest BCUT2D eigenvalue weighted by Gasteiger charge is -2.23. The predicted molar refractivity (Wildman–Crippen MR) is 110 cm³/mol. The van der Waals surface area contributed by atoms with Gasteiger partial charge in [-0.05, 0) is 17.7 Å². The van der Waals surface area contributed by atoms with E-state index in [1.807, 2.05) is 36.4 Å². The maximum Gasteiger partial charge on any atom is 0.416 e. The minimum atomic E-state index is -4.43. The number of halogens is 3. The van der Waals surface area contributed by atoms with Crippen LogP contribution in [0.15, 0.2) is 54.6 Å². The largest absolute Gasteiger partial charge is 0.496 e. The standard InChI is InChI=1S/C23H25F3N2O2/c1-30-21-11-5-3-7-18(21)9-6-13-27-14-12-22(29)28(16-15-27)17-19-8-2-4-10-20(19)23(24,25)26/h2-11H,12-17H2,1H3. The molecule has 0 atom stereocenters. The van der Waals surface area contributed by atoms with Gasteiger partial charge < -0.3 is 9.64 Å². The monoisotopic (exact) mass is 418 g/mol. The Kier molecular flexibility index (Phi) is 7.15. The molecule has 1 saturated heterocycles. The molecule has 0 N–H and O–H groups in total. The summed E-state index contributed by atoms with van der Waals surface area (Å²) in [6.45, 7) is 2.20. The number of benzene rings is 2. The molecule has 1 fully saturated rings. The summed E-state index contributed by atoms with van der Waals surface area (Å²) in [7, 11) is 1.62. The van der Waals surface area contributed by atoms with E-state index >= 15 is 0 Å². The van der Waals surface area contributed by atoms with E-state index in [1.54, 1.807) is 13.2 Å². The number of hydrogen-bond donors (Lipinski definition) is 0. The summed E-state index contributed by atoms with van der Waals surface area (Å²) >= 11 is 0. The molecule has 0 aliphatic carbocycles. The molecular formula is C23H25F3N2O2. The Morgan fingerprint density at radius 1 is 1.03 bits per heavy atom. The van der Waals surface area contributed by atoms with Crippen LogP contribution in [-0.2, 0) is 17.5 Å². The number of rotatable bonds is 6. The normalized spacial score (nSPS) is 16.1. The number of carbonyl (C=O) groups excluding carboxylic acids is 1. The highest BCUT2D eigenvalue weighted by Gasteiger charge is 2.33. The van der Waals surface area contributed by atoms with Gasteiger partial charge in [-0.3, -0.25) is 9.69 Å². The lowest BCUT2D eigenvalue weighted by Crippen LogP contribution is -2.33. The van der Waals surface area contributed by atoms with E-state index in [-0.39, 0.29) is 24.4 Å². The van der Waals surface area contributed by atoms with E-state index in [9.17, 15) is 18.0 Å². The van der Waals surface area contributed by atoms with Gasteiger partial charge in [-0.2, -0.15) is 13.2 Å². The lowest BCUT2D eigenvalue weighted by molar-refractivity contribution is -0.139. The van der Waals surface area contributed by atoms with Crippen molar-refractivity contribution in [2.75, 3.05) is 33.3 Å². The summed E-state index contributed by atoms with van der Waals surface area (Å²) < 4.78 is 45.1. The molecule has 0 bridgehead atoms. The van der Waals surface area contributed by atoms with E-state index < -0.39 is 11.7 Å². The highest BCUT2D eigenvalue weighted by atomic mass is 19.4. The summed E-state index contributed by atoms with van der Waals surface area (Å²) in [6.07, 6.45) is -0.155. The minimum Gasteiger partial charge on any atom is -0.496 e. The molecule has 1 heterocycles. The molecule has 0 spiro atoms. The Morgan fingerprint density at radius 2 is 1.77 bits per heavy atom. The van der Waals surface area contributed by atoms with Crippen LogP contribution in [0.5, 0.6) is 5.75 Å². The number of para-hydroxylation sites is 1. The van der Waals surface area contributed by atoms with Crippen LogP contribution < -0.4 is 4.74 Å². The average Bonchev–Trinajstić information content (AvgIpc) is 2.90. The van der Waals surface area contributed by atoms with Gasteiger partial charge in [-0.25, -0.2) is 0 Å². The van der Waals surface area contributed by atoms with Crippen LogP contribution in [0.4, 0.5) is 13.2 Å². The van der Waals surface area contributed by atoms with Gasteiger partial charge >= 0.3 is 6.18 Å². The average molecular weight is 418 g/mol. The van der Waals surface area contributed by atoms with Crippen molar-refractivity contribution in [3.05, 3.63) is 71.3 Å². The van der Waals surface area contributed by atoms with Crippen LogP contribution in [0.1, 0.15) is 23.1 Å². The second-order valence-electron chi connectivity index (χ2n) is 7.17. The van der Waals surface area contributed by atoms with E-state index in [2.05, 4.69) is 4.90 Å². The fourth-order valence-electron chi connectivity index (χ4n) is 3.53. The van der Waals surface area contributed by atoms with Crippen LogP contribution in [-0.4, -0.2) is 49.0 Å². The van der Waals surface area contributed by atoms with Crippen molar-refractivity contribution >= 4 is 12.0 Å². The molecule has 2 aromatic rings. The second kappa shape index (κ2) is 9.80. The molecule has 3 rings (SSSR count). The first-order valence-electron chi connectivity index (χ1n) is 9.83. The van der Waals surface area contributed by atoms with Gasteiger partial charge in [-0.1, -0.05) is 48.6 Å². The predicted octanol–water partition coefficient (Wildman–Crippen LogP) is 4.46. The molecule has 30 heavy (non-hydrogen) atoms. The summed E-state index contributed by atoms with van der Waals surface area (Å²) in [5.74, 6) is 0.664. The third kappa shape index (κ3) is 5.63. The first kappa shape index (κ1) is 21.9. The molecule has 7 heteroatoms. The van der Waals surface area contributed by atoms with Crippen LogP contribution in [0.25, 0.3) is 6.08 Å². The molecule has 0 radical (unpaired) electrons. The number of amides is 1. The van der Waals surface area contributed by atoms with E-state index in [0.717, 1.165) is 17.4 Å². The van der Waals surface area contributed by atoms with Crippen molar-refractivity contribution in [1.82, 2.24) is 9.80 Å². The number of nitrogens with zero attached hydrogens (tertiary/aromatic N) is 2. The van der Waals surface area contributed by atoms with Gasteiger partial charge in [-0.15, -0.1) is 0 Å². The molecule has 0 unspecified atom stereocenters. The zero-order valence-electron chi connectivity index (χ0n) is 16.9. The SMILES string of the molecule is COc1ccccc1C=CCN1CCC(=O)N(Cc2ccccc2C(F)(F)F)CC1. The van der Waals surface area contributed by atoms with Crippen molar-refractivity contribution in [3.63, 3.8) is 0 Å². The minimum absolute atomic E-state index is 0.0284. The topological polar surface area (TPSA) is 32.8 Å². The van der Waals surface area contributed by atoms with Crippen LogP contribution in [0.2, 0.25) is 0 Å². The smallest absolute Gasteiger partial charge is 0.416 e. The maximum absolute atomic E-state index is 13.2. The molecule has 4 nitrogen and oxygen atoms in total. The van der Waals surface area contributed by atoms with Crippen molar-refractivity contribution in [2.45, 2.75) is 19.1 Å². The van der Waals surface area contributed by atoms with Crippen LogP contribution in [0.3, 0.4) is 0 Å². The number of carbonyl (C=O) groups is 1. The summed E-state index contributed by atoms with van der Waals surface area (Å²) in [5.41, 5.74) is 0.415. The molecular weight excluding hydrogens is 393 g/mol. The molecule has 1 amide bonds.